The molecule has 1 aromatic rings. The minimum absolute atomic E-state index is 0.117. The third kappa shape index (κ3) is 6.45. The van der Waals surface area contributed by atoms with Gasteiger partial charge in [0.1, 0.15) is 6.61 Å². The summed E-state index contributed by atoms with van der Waals surface area (Å²) in [6, 6.07) is 5.51. The van der Waals surface area contributed by atoms with Gasteiger partial charge in [0.25, 0.3) is 0 Å². The van der Waals surface area contributed by atoms with Crippen molar-refractivity contribution in [3.63, 3.8) is 0 Å². The highest BCUT2D eigenvalue weighted by atomic mass is 16.5. The van der Waals surface area contributed by atoms with Gasteiger partial charge in [-0.1, -0.05) is 6.07 Å². The van der Waals surface area contributed by atoms with Gasteiger partial charge in [-0.05, 0) is 24.1 Å². The number of aliphatic carboxylic acids is 1. The first kappa shape index (κ1) is 17.8. The molecule has 122 valence electrons. The Bertz CT molecular complexity index is 503. The van der Waals surface area contributed by atoms with E-state index in [9.17, 15) is 9.59 Å². The van der Waals surface area contributed by atoms with Gasteiger partial charge < -0.3 is 24.6 Å². The summed E-state index contributed by atoms with van der Waals surface area (Å²) in [6.07, 6.45) is 0.899. The van der Waals surface area contributed by atoms with E-state index in [4.69, 9.17) is 19.3 Å². The van der Waals surface area contributed by atoms with Gasteiger partial charge in [-0.15, -0.1) is 0 Å². The summed E-state index contributed by atoms with van der Waals surface area (Å²) in [5, 5.41) is 11.0. The van der Waals surface area contributed by atoms with Crippen molar-refractivity contribution in [2.45, 2.75) is 12.8 Å². The maximum Gasteiger partial charge on any atom is 0.329 e. The topological polar surface area (TPSA) is 94.1 Å². The quantitative estimate of drug-likeness (QED) is 0.622. The lowest BCUT2D eigenvalue weighted by molar-refractivity contribution is -0.142. The number of carbonyl (C=O) groups is 2. The molecule has 0 unspecified atom stereocenters. The molecule has 0 saturated carbocycles. The van der Waals surface area contributed by atoms with E-state index >= 15 is 0 Å². The first-order chi connectivity index (χ1) is 10.6. The highest BCUT2D eigenvalue weighted by molar-refractivity contribution is 5.76. The molecular weight excluding hydrogens is 290 g/mol. The van der Waals surface area contributed by atoms with Crippen molar-refractivity contribution in [2.75, 3.05) is 34.0 Å². The number of hydrogen-bond donors (Lipinski definition) is 2. The lowest BCUT2D eigenvalue weighted by Gasteiger charge is -2.09. The molecule has 0 atom stereocenters. The van der Waals surface area contributed by atoms with Crippen LogP contribution in [0.15, 0.2) is 18.2 Å². The number of rotatable bonds is 10. The minimum Gasteiger partial charge on any atom is -0.493 e. The Balaban J connectivity index is 2.30. The molecule has 7 heteroatoms. The van der Waals surface area contributed by atoms with Crippen LogP contribution in [0.25, 0.3) is 0 Å². The lowest BCUT2D eigenvalue weighted by atomic mass is 10.1. The second-order valence-corrected chi connectivity index (χ2v) is 4.49. The molecule has 0 heterocycles. The number of amides is 1. The number of methoxy groups -OCH3 is 2. The van der Waals surface area contributed by atoms with Crippen LogP contribution in [0, 0.1) is 0 Å². The van der Waals surface area contributed by atoms with Gasteiger partial charge in [-0.3, -0.25) is 4.79 Å². The summed E-state index contributed by atoms with van der Waals surface area (Å²) in [5.74, 6) is 0.127. The zero-order chi connectivity index (χ0) is 16.4. The monoisotopic (exact) mass is 311 g/mol. The molecule has 2 N–H and O–H groups in total. The number of hydrogen-bond acceptors (Lipinski definition) is 5. The Morgan fingerprint density at radius 1 is 1.18 bits per heavy atom. The van der Waals surface area contributed by atoms with Gasteiger partial charge in [-0.2, -0.15) is 0 Å². The van der Waals surface area contributed by atoms with E-state index in [1.54, 1.807) is 20.3 Å². The van der Waals surface area contributed by atoms with Crippen LogP contribution in [-0.2, 0) is 20.7 Å². The zero-order valence-corrected chi connectivity index (χ0v) is 12.8. The molecule has 0 bridgehead atoms. The normalized spacial score (nSPS) is 10.1. The van der Waals surface area contributed by atoms with E-state index in [2.05, 4.69) is 5.32 Å². The Morgan fingerprint density at radius 3 is 2.55 bits per heavy atom. The molecule has 1 rings (SSSR count). The van der Waals surface area contributed by atoms with Crippen molar-refractivity contribution in [3.8, 4) is 11.5 Å². The molecule has 0 radical (unpaired) electrons. The van der Waals surface area contributed by atoms with E-state index in [-0.39, 0.29) is 25.7 Å². The van der Waals surface area contributed by atoms with Crippen molar-refractivity contribution in [2.24, 2.45) is 0 Å². The van der Waals surface area contributed by atoms with Gasteiger partial charge in [0.2, 0.25) is 5.91 Å². The maximum absolute atomic E-state index is 11.7. The average Bonchev–Trinajstić information content (AvgIpc) is 2.51. The first-order valence-electron chi connectivity index (χ1n) is 6.84. The van der Waals surface area contributed by atoms with E-state index in [0.717, 1.165) is 5.56 Å². The van der Waals surface area contributed by atoms with Crippen molar-refractivity contribution in [3.05, 3.63) is 23.8 Å². The summed E-state index contributed by atoms with van der Waals surface area (Å²) in [5.41, 5.74) is 0.968. The third-order valence-corrected chi connectivity index (χ3v) is 2.88. The van der Waals surface area contributed by atoms with Gasteiger partial charge in [0.05, 0.1) is 20.8 Å². The fraction of sp³-hybridized carbons (Fsp3) is 0.467. The second kappa shape index (κ2) is 9.62. The van der Waals surface area contributed by atoms with Crippen molar-refractivity contribution in [1.82, 2.24) is 5.32 Å². The molecule has 0 aliphatic heterocycles. The van der Waals surface area contributed by atoms with Gasteiger partial charge in [0.15, 0.2) is 11.5 Å². The van der Waals surface area contributed by atoms with Gasteiger partial charge in [0, 0.05) is 13.0 Å². The van der Waals surface area contributed by atoms with Crippen molar-refractivity contribution >= 4 is 11.9 Å². The van der Waals surface area contributed by atoms with E-state index in [1.807, 2.05) is 12.1 Å². The number of nitrogens with one attached hydrogen (secondary N) is 1. The summed E-state index contributed by atoms with van der Waals surface area (Å²) >= 11 is 0. The smallest absolute Gasteiger partial charge is 0.329 e. The largest absolute Gasteiger partial charge is 0.493 e. The SMILES string of the molecule is COc1ccc(CCC(=O)NCCOCC(=O)O)cc1OC. The molecular formula is C15H21NO6. The molecule has 0 aliphatic carbocycles. The second-order valence-electron chi connectivity index (χ2n) is 4.49. The lowest BCUT2D eigenvalue weighted by Crippen LogP contribution is -2.28. The Hall–Kier alpha value is -2.28. The molecule has 0 fully saturated rings. The summed E-state index contributed by atoms with van der Waals surface area (Å²) in [7, 11) is 3.13. The Morgan fingerprint density at radius 2 is 1.91 bits per heavy atom. The minimum atomic E-state index is -1.03. The number of carbonyl (C=O) groups excluding carboxylic acids is 1. The van der Waals surface area contributed by atoms with Crippen LogP contribution in [0.1, 0.15) is 12.0 Å². The molecule has 1 amide bonds. The van der Waals surface area contributed by atoms with Crippen LogP contribution < -0.4 is 14.8 Å². The molecule has 7 nitrogen and oxygen atoms in total. The van der Waals surface area contributed by atoms with Crippen molar-refractivity contribution < 1.29 is 28.9 Å². The molecule has 0 spiro atoms. The van der Waals surface area contributed by atoms with Gasteiger partial charge in [-0.25, -0.2) is 4.79 Å². The predicted molar refractivity (Wildman–Crippen MR) is 79.3 cm³/mol. The molecule has 22 heavy (non-hydrogen) atoms. The molecule has 1 aromatic carbocycles. The molecule has 0 aromatic heterocycles. The maximum atomic E-state index is 11.7. The van der Waals surface area contributed by atoms with E-state index in [1.165, 1.54) is 0 Å². The fourth-order valence-corrected chi connectivity index (χ4v) is 1.80. The van der Waals surface area contributed by atoms with Crippen LogP contribution in [0.4, 0.5) is 0 Å². The summed E-state index contributed by atoms with van der Waals surface area (Å²) < 4.78 is 15.2. The average molecular weight is 311 g/mol. The van der Waals surface area contributed by atoms with E-state index in [0.29, 0.717) is 24.3 Å². The Kier molecular flexibility index (Phi) is 7.77. The molecule has 0 aliphatic rings. The highest BCUT2D eigenvalue weighted by Gasteiger charge is 2.07. The van der Waals surface area contributed by atoms with Crippen LogP contribution in [-0.4, -0.2) is 51.0 Å². The molecule has 0 saturated heterocycles. The summed E-state index contributed by atoms with van der Waals surface area (Å²) in [6.45, 7) is 0.105. The van der Waals surface area contributed by atoms with Gasteiger partial charge >= 0.3 is 5.97 Å². The highest BCUT2D eigenvalue weighted by Crippen LogP contribution is 2.27. The van der Waals surface area contributed by atoms with Crippen LogP contribution in [0.5, 0.6) is 11.5 Å². The van der Waals surface area contributed by atoms with E-state index < -0.39 is 5.97 Å². The Labute approximate surface area is 129 Å². The summed E-state index contributed by atoms with van der Waals surface area (Å²) in [4.78, 5) is 21.9. The van der Waals surface area contributed by atoms with Crippen LogP contribution in [0.3, 0.4) is 0 Å². The number of benzene rings is 1. The number of carboxylic acid groups (broad SMARTS) is 1. The third-order valence-electron chi connectivity index (χ3n) is 2.88. The van der Waals surface area contributed by atoms with Crippen molar-refractivity contribution in [1.29, 1.82) is 0 Å². The van der Waals surface area contributed by atoms with Crippen LogP contribution >= 0.6 is 0 Å². The number of ether oxygens (including phenoxy) is 3. The van der Waals surface area contributed by atoms with Crippen LogP contribution in [0.2, 0.25) is 0 Å². The first-order valence-corrected chi connectivity index (χ1v) is 6.84. The standard InChI is InChI=1S/C15H21NO6/c1-20-12-5-3-11(9-13(12)21-2)4-6-14(17)16-7-8-22-10-15(18)19/h3,5,9H,4,6-8,10H2,1-2H3,(H,16,17)(H,18,19). The predicted octanol–water partition coefficient (Wildman–Crippen LogP) is 0.854. The number of aryl methyl sites for hydroxylation is 1. The number of carboxylic acids is 1. The zero-order valence-electron chi connectivity index (χ0n) is 12.8. The fourth-order valence-electron chi connectivity index (χ4n) is 1.80.